The Labute approximate surface area is 181 Å². The number of rotatable bonds is 3. The van der Waals surface area contributed by atoms with Gasteiger partial charge in [-0.05, 0) is 30.7 Å². The van der Waals surface area contributed by atoms with E-state index in [0.717, 1.165) is 16.8 Å². The first-order valence-corrected chi connectivity index (χ1v) is 10.7. The number of aliphatic imine (C=N–C) groups is 1. The molecule has 2 N–H and O–H groups in total. The maximum absolute atomic E-state index is 12.1. The number of benzene rings is 2. The van der Waals surface area contributed by atoms with Gasteiger partial charge in [-0.3, -0.25) is 10.3 Å². The molecule has 6 nitrogen and oxygen atoms in total. The van der Waals surface area contributed by atoms with Crippen LogP contribution in [0.5, 0.6) is 5.75 Å². The van der Waals surface area contributed by atoms with Crippen LogP contribution >= 0.6 is 11.6 Å². The van der Waals surface area contributed by atoms with Crippen LogP contribution in [0.2, 0.25) is 5.02 Å². The fraction of sp³-hybridized carbons (Fsp3) is 0.391. The van der Waals surface area contributed by atoms with Gasteiger partial charge >= 0.3 is 6.09 Å². The van der Waals surface area contributed by atoms with Crippen LogP contribution < -0.4 is 5.32 Å². The van der Waals surface area contributed by atoms with Crippen LogP contribution in [0.15, 0.2) is 53.5 Å². The van der Waals surface area contributed by atoms with E-state index in [0.29, 0.717) is 44.0 Å². The first-order chi connectivity index (χ1) is 14.5. The summed E-state index contributed by atoms with van der Waals surface area (Å²) in [7, 11) is 0. The molecule has 158 valence electrons. The molecular formula is C23H26ClN3O3. The predicted molar refractivity (Wildman–Crippen MR) is 117 cm³/mol. The summed E-state index contributed by atoms with van der Waals surface area (Å²) in [4.78, 5) is 19.0. The van der Waals surface area contributed by atoms with E-state index >= 15 is 0 Å². The van der Waals surface area contributed by atoms with Crippen molar-refractivity contribution in [1.82, 2.24) is 10.2 Å². The lowest BCUT2D eigenvalue weighted by molar-refractivity contribution is 0.0778. The molecule has 1 spiro atoms. The van der Waals surface area contributed by atoms with E-state index in [-0.39, 0.29) is 17.9 Å². The highest BCUT2D eigenvalue weighted by atomic mass is 35.5. The molecule has 2 aromatic rings. The lowest BCUT2D eigenvalue weighted by atomic mass is 9.87. The van der Waals surface area contributed by atoms with E-state index in [9.17, 15) is 9.90 Å². The van der Waals surface area contributed by atoms with Crippen molar-refractivity contribution in [2.24, 2.45) is 4.99 Å². The number of phenolic OH excluding ortho intramolecular Hbond substituents is 1. The number of nitrogens with one attached hydrogen (secondary N) is 1. The molecule has 2 aliphatic rings. The molecule has 0 aromatic heterocycles. The average molecular weight is 428 g/mol. The van der Waals surface area contributed by atoms with E-state index in [1.54, 1.807) is 11.0 Å². The number of carbonyl (C=O) groups is 1. The Balaban J connectivity index is 1.64. The summed E-state index contributed by atoms with van der Waals surface area (Å²) >= 11 is 6.07. The molecule has 0 aliphatic carbocycles. The van der Waals surface area contributed by atoms with Crippen molar-refractivity contribution in [2.45, 2.75) is 37.9 Å². The number of likely N-dealkylation sites (tertiary alicyclic amines) is 1. The van der Waals surface area contributed by atoms with Crippen molar-refractivity contribution < 1.29 is 14.6 Å². The second-order valence-corrected chi connectivity index (χ2v) is 8.18. The second-order valence-electron chi connectivity index (χ2n) is 7.74. The maximum Gasteiger partial charge on any atom is 0.409 e. The van der Waals surface area contributed by atoms with Gasteiger partial charge < -0.3 is 14.7 Å². The van der Waals surface area contributed by atoms with E-state index in [1.165, 1.54) is 0 Å². The highest BCUT2D eigenvalue weighted by molar-refractivity contribution is 6.30. The summed E-state index contributed by atoms with van der Waals surface area (Å²) in [6.07, 6.45) is 1.73. The van der Waals surface area contributed by atoms with Crippen LogP contribution in [-0.4, -0.2) is 47.2 Å². The second kappa shape index (κ2) is 8.66. The topological polar surface area (TPSA) is 74.2 Å². The Morgan fingerprint density at radius 1 is 1.23 bits per heavy atom. The maximum atomic E-state index is 12.1. The van der Waals surface area contributed by atoms with Gasteiger partial charge in [0.2, 0.25) is 0 Å². The van der Waals surface area contributed by atoms with Crippen LogP contribution in [0.25, 0.3) is 0 Å². The number of para-hydroxylation sites is 1. The SMILES string of the molecule is CCOC(=O)N1CCC2(CC1)N=C(c1ccc(Cl)cc1)C[C@@H](c1ccccc1O)N2. The highest BCUT2D eigenvalue weighted by Crippen LogP contribution is 2.37. The Morgan fingerprint density at radius 3 is 2.60 bits per heavy atom. The number of hydrogen-bond acceptors (Lipinski definition) is 5. The van der Waals surface area contributed by atoms with Gasteiger partial charge in [0.25, 0.3) is 0 Å². The molecule has 2 aromatic carbocycles. The van der Waals surface area contributed by atoms with E-state index in [2.05, 4.69) is 5.32 Å². The number of piperidine rings is 1. The lowest BCUT2D eigenvalue weighted by Gasteiger charge is -2.45. The third kappa shape index (κ3) is 4.30. The van der Waals surface area contributed by atoms with Crippen LogP contribution in [0.1, 0.15) is 43.4 Å². The third-order valence-corrected chi connectivity index (χ3v) is 6.05. The molecule has 2 heterocycles. The van der Waals surface area contributed by atoms with E-state index in [1.807, 2.05) is 49.4 Å². The molecule has 1 atom stereocenters. The zero-order valence-corrected chi connectivity index (χ0v) is 17.7. The Bertz CT molecular complexity index is 937. The van der Waals surface area contributed by atoms with Crippen molar-refractivity contribution >= 4 is 23.4 Å². The van der Waals surface area contributed by atoms with Gasteiger partial charge in [0.05, 0.1) is 6.61 Å². The van der Waals surface area contributed by atoms with Gasteiger partial charge in [0, 0.05) is 54.7 Å². The van der Waals surface area contributed by atoms with Crippen LogP contribution in [0.4, 0.5) is 4.79 Å². The Hall–Kier alpha value is -2.57. The molecule has 1 fully saturated rings. The fourth-order valence-corrected chi connectivity index (χ4v) is 4.36. The number of nitrogens with zero attached hydrogens (tertiary/aromatic N) is 2. The summed E-state index contributed by atoms with van der Waals surface area (Å²) in [5.74, 6) is 0.270. The monoisotopic (exact) mass is 427 g/mol. The van der Waals surface area contributed by atoms with E-state index in [4.69, 9.17) is 21.3 Å². The first kappa shape index (κ1) is 20.7. The number of carbonyl (C=O) groups excluding carboxylic acids is 1. The number of phenols is 1. The van der Waals surface area contributed by atoms with Crippen molar-refractivity contribution in [1.29, 1.82) is 0 Å². The average Bonchev–Trinajstić information content (AvgIpc) is 2.75. The van der Waals surface area contributed by atoms with Gasteiger partial charge in [0.1, 0.15) is 11.4 Å². The van der Waals surface area contributed by atoms with Gasteiger partial charge in [-0.25, -0.2) is 4.79 Å². The van der Waals surface area contributed by atoms with Crippen LogP contribution in [0, 0.1) is 0 Å². The number of amides is 1. The number of hydrogen-bond donors (Lipinski definition) is 2. The van der Waals surface area contributed by atoms with Crippen molar-refractivity contribution in [2.75, 3.05) is 19.7 Å². The summed E-state index contributed by atoms with van der Waals surface area (Å²) in [6.45, 7) is 3.31. The number of aromatic hydroxyl groups is 1. The molecule has 0 radical (unpaired) electrons. The minimum absolute atomic E-state index is 0.0801. The molecule has 2 aliphatic heterocycles. The zero-order chi connectivity index (χ0) is 21.1. The third-order valence-electron chi connectivity index (χ3n) is 5.80. The van der Waals surface area contributed by atoms with Crippen LogP contribution in [0.3, 0.4) is 0 Å². The molecule has 0 bridgehead atoms. The van der Waals surface area contributed by atoms with Gasteiger partial charge in [-0.15, -0.1) is 0 Å². The summed E-state index contributed by atoms with van der Waals surface area (Å²) in [5, 5.41) is 14.8. The minimum atomic E-state index is -0.497. The van der Waals surface area contributed by atoms with Crippen molar-refractivity contribution in [3.63, 3.8) is 0 Å². The Morgan fingerprint density at radius 2 is 1.93 bits per heavy atom. The molecular weight excluding hydrogens is 402 g/mol. The zero-order valence-electron chi connectivity index (χ0n) is 17.0. The van der Waals surface area contributed by atoms with Crippen LogP contribution in [-0.2, 0) is 4.74 Å². The first-order valence-electron chi connectivity index (χ1n) is 10.3. The molecule has 0 saturated carbocycles. The normalized spacial score (nSPS) is 20.7. The summed E-state index contributed by atoms with van der Waals surface area (Å²) < 4.78 is 5.15. The van der Waals surface area contributed by atoms with Crippen molar-refractivity contribution in [3.05, 3.63) is 64.7 Å². The molecule has 1 amide bonds. The van der Waals surface area contributed by atoms with Gasteiger partial charge in [-0.2, -0.15) is 0 Å². The predicted octanol–water partition coefficient (Wildman–Crippen LogP) is 4.52. The highest BCUT2D eigenvalue weighted by Gasteiger charge is 2.41. The minimum Gasteiger partial charge on any atom is -0.508 e. The summed E-state index contributed by atoms with van der Waals surface area (Å²) in [6, 6.07) is 15.0. The number of ether oxygens (including phenoxy) is 1. The molecule has 0 unspecified atom stereocenters. The van der Waals surface area contributed by atoms with Crippen molar-refractivity contribution in [3.8, 4) is 5.75 Å². The molecule has 4 rings (SSSR count). The smallest absolute Gasteiger partial charge is 0.409 e. The van der Waals surface area contributed by atoms with Gasteiger partial charge in [-0.1, -0.05) is 41.9 Å². The molecule has 7 heteroatoms. The Kier molecular flexibility index (Phi) is 5.97. The van der Waals surface area contributed by atoms with Gasteiger partial charge in [0.15, 0.2) is 0 Å². The lowest BCUT2D eigenvalue weighted by Crippen LogP contribution is -2.56. The summed E-state index contributed by atoms with van der Waals surface area (Å²) in [5.41, 5.74) is 2.35. The quantitative estimate of drug-likeness (QED) is 0.755. The standard InChI is InChI=1S/C23H26ClN3O3/c1-2-30-22(29)27-13-11-23(12-14-27)25-19(16-7-9-17(24)10-8-16)15-20(26-23)18-5-3-4-6-21(18)28/h3-10,20,26,28H,2,11-15H2,1H3/t20-/m0/s1. The number of halogens is 1. The van der Waals surface area contributed by atoms with E-state index < -0.39 is 5.66 Å². The molecule has 1 saturated heterocycles. The largest absolute Gasteiger partial charge is 0.508 e. The molecule has 30 heavy (non-hydrogen) atoms. The fourth-order valence-electron chi connectivity index (χ4n) is 4.23.